The lowest BCUT2D eigenvalue weighted by Gasteiger charge is -2.23. The smallest absolute Gasteiger partial charge is 0.0846 e. The lowest BCUT2D eigenvalue weighted by Crippen LogP contribution is -2.34. The molecule has 4 atom stereocenters. The first-order chi connectivity index (χ1) is 6.52. The molecular weight excluding hydrogens is 180 g/mol. The highest BCUT2D eigenvalue weighted by molar-refractivity contribution is 4.73. The van der Waals surface area contributed by atoms with Crippen molar-refractivity contribution in [2.75, 3.05) is 6.61 Å². The van der Waals surface area contributed by atoms with Gasteiger partial charge in [-0.25, -0.2) is 0 Å². The molecule has 0 spiro atoms. The van der Waals surface area contributed by atoms with E-state index >= 15 is 0 Å². The van der Waals surface area contributed by atoms with E-state index in [2.05, 4.69) is 13.8 Å². The first-order valence-corrected chi connectivity index (χ1v) is 5.49. The fourth-order valence-electron chi connectivity index (χ4n) is 1.32. The second-order valence-corrected chi connectivity index (χ2v) is 4.31. The molecule has 0 radical (unpaired) electrons. The van der Waals surface area contributed by atoms with E-state index in [-0.39, 0.29) is 12.5 Å². The van der Waals surface area contributed by atoms with Crippen molar-refractivity contribution in [1.29, 1.82) is 0 Å². The number of aliphatic hydroxyl groups excluding tert-OH is 3. The third-order valence-electron chi connectivity index (χ3n) is 2.92. The van der Waals surface area contributed by atoms with E-state index in [0.29, 0.717) is 12.3 Å². The van der Waals surface area contributed by atoms with Crippen LogP contribution < -0.4 is 0 Å². The van der Waals surface area contributed by atoms with Crippen molar-refractivity contribution in [2.24, 2.45) is 11.8 Å². The zero-order valence-corrected chi connectivity index (χ0v) is 9.48. The topological polar surface area (TPSA) is 60.7 Å². The van der Waals surface area contributed by atoms with E-state index in [0.717, 1.165) is 12.8 Å². The molecule has 14 heavy (non-hydrogen) atoms. The van der Waals surface area contributed by atoms with E-state index in [1.165, 1.54) is 0 Å². The molecule has 0 aromatic carbocycles. The van der Waals surface area contributed by atoms with Gasteiger partial charge in [-0.15, -0.1) is 0 Å². The molecule has 0 aliphatic rings. The van der Waals surface area contributed by atoms with Crippen molar-refractivity contribution in [2.45, 2.75) is 52.2 Å². The van der Waals surface area contributed by atoms with E-state index < -0.39 is 12.2 Å². The number of rotatable bonds is 7. The molecule has 3 heteroatoms. The van der Waals surface area contributed by atoms with Crippen molar-refractivity contribution in [3.05, 3.63) is 0 Å². The summed E-state index contributed by atoms with van der Waals surface area (Å²) in [6.45, 7) is 5.90. The number of aliphatic hydroxyl groups is 3. The van der Waals surface area contributed by atoms with Gasteiger partial charge in [-0.2, -0.15) is 0 Å². The highest BCUT2D eigenvalue weighted by atomic mass is 16.3. The molecule has 0 amide bonds. The average molecular weight is 204 g/mol. The molecule has 0 aliphatic carbocycles. The van der Waals surface area contributed by atoms with Crippen LogP contribution in [0.5, 0.6) is 0 Å². The molecule has 0 heterocycles. The monoisotopic (exact) mass is 204 g/mol. The molecule has 86 valence electrons. The SMILES string of the molecule is CCC(C)CCC(O)C(O)C(C)CO. The molecule has 3 nitrogen and oxygen atoms in total. The lowest BCUT2D eigenvalue weighted by molar-refractivity contribution is -0.0322. The summed E-state index contributed by atoms with van der Waals surface area (Å²) in [7, 11) is 0. The Kier molecular flexibility index (Phi) is 7.15. The van der Waals surface area contributed by atoms with Crippen molar-refractivity contribution in [1.82, 2.24) is 0 Å². The van der Waals surface area contributed by atoms with Crippen LogP contribution in [0.25, 0.3) is 0 Å². The van der Waals surface area contributed by atoms with Crippen LogP contribution in [0.15, 0.2) is 0 Å². The third-order valence-corrected chi connectivity index (χ3v) is 2.92. The molecule has 0 aromatic rings. The molecule has 0 aliphatic heterocycles. The van der Waals surface area contributed by atoms with Crippen molar-refractivity contribution in [3.63, 3.8) is 0 Å². The molecule has 0 bridgehead atoms. The van der Waals surface area contributed by atoms with Crippen molar-refractivity contribution >= 4 is 0 Å². The fourth-order valence-corrected chi connectivity index (χ4v) is 1.32. The number of hydrogen-bond acceptors (Lipinski definition) is 3. The summed E-state index contributed by atoms with van der Waals surface area (Å²) in [5, 5.41) is 28.0. The minimum Gasteiger partial charge on any atom is -0.396 e. The molecular formula is C11H24O3. The van der Waals surface area contributed by atoms with Crippen LogP contribution in [0.4, 0.5) is 0 Å². The Labute approximate surface area is 86.8 Å². The van der Waals surface area contributed by atoms with Gasteiger partial charge >= 0.3 is 0 Å². The van der Waals surface area contributed by atoms with Crippen LogP contribution in [-0.2, 0) is 0 Å². The quantitative estimate of drug-likeness (QED) is 0.583. The summed E-state index contributed by atoms with van der Waals surface area (Å²) in [5.41, 5.74) is 0. The zero-order chi connectivity index (χ0) is 11.1. The Balaban J connectivity index is 3.77. The largest absolute Gasteiger partial charge is 0.396 e. The summed E-state index contributed by atoms with van der Waals surface area (Å²) in [6, 6.07) is 0. The van der Waals surface area contributed by atoms with Gasteiger partial charge in [-0.1, -0.05) is 27.2 Å². The Morgan fingerprint density at radius 2 is 1.64 bits per heavy atom. The molecule has 0 saturated heterocycles. The Hall–Kier alpha value is -0.120. The maximum absolute atomic E-state index is 9.60. The number of hydrogen-bond donors (Lipinski definition) is 3. The summed E-state index contributed by atoms with van der Waals surface area (Å²) in [4.78, 5) is 0. The van der Waals surface area contributed by atoms with Gasteiger partial charge in [-0.3, -0.25) is 0 Å². The van der Waals surface area contributed by atoms with Crippen molar-refractivity contribution in [3.8, 4) is 0 Å². The Morgan fingerprint density at radius 3 is 2.07 bits per heavy atom. The van der Waals surface area contributed by atoms with Crippen LogP contribution in [-0.4, -0.2) is 34.1 Å². The third kappa shape index (κ3) is 4.94. The summed E-state index contributed by atoms with van der Waals surface area (Å²) >= 11 is 0. The standard InChI is InChI=1S/C11H24O3/c1-4-8(2)5-6-10(13)11(14)9(3)7-12/h8-14H,4-7H2,1-3H3. The summed E-state index contributed by atoms with van der Waals surface area (Å²) < 4.78 is 0. The highest BCUT2D eigenvalue weighted by Crippen LogP contribution is 2.16. The first-order valence-electron chi connectivity index (χ1n) is 5.49. The second-order valence-electron chi connectivity index (χ2n) is 4.31. The molecule has 4 unspecified atom stereocenters. The van der Waals surface area contributed by atoms with Gasteiger partial charge in [0.05, 0.1) is 12.2 Å². The van der Waals surface area contributed by atoms with E-state index in [1.54, 1.807) is 6.92 Å². The lowest BCUT2D eigenvalue weighted by atomic mass is 9.93. The van der Waals surface area contributed by atoms with Crippen LogP contribution in [0.3, 0.4) is 0 Å². The Morgan fingerprint density at radius 1 is 1.07 bits per heavy atom. The van der Waals surface area contributed by atoms with Gasteiger partial charge in [-0.05, 0) is 18.8 Å². The second kappa shape index (κ2) is 7.21. The Bertz CT molecular complexity index is 138. The maximum atomic E-state index is 9.60. The first kappa shape index (κ1) is 13.9. The van der Waals surface area contributed by atoms with Crippen LogP contribution in [0.2, 0.25) is 0 Å². The summed E-state index contributed by atoms with van der Waals surface area (Å²) in [5.74, 6) is 0.336. The maximum Gasteiger partial charge on any atom is 0.0846 e. The molecule has 0 aromatic heterocycles. The van der Waals surface area contributed by atoms with Crippen LogP contribution in [0, 0.1) is 11.8 Å². The average Bonchev–Trinajstić information content (AvgIpc) is 2.22. The van der Waals surface area contributed by atoms with Gasteiger partial charge in [0.25, 0.3) is 0 Å². The van der Waals surface area contributed by atoms with E-state index in [1.807, 2.05) is 0 Å². The molecule has 3 N–H and O–H groups in total. The predicted molar refractivity (Wildman–Crippen MR) is 57.0 cm³/mol. The summed E-state index contributed by atoms with van der Waals surface area (Å²) in [6.07, 6.45) is 1.13. The van der Waals surface area contributed by atoms with Gasteiger partial charge in [0.1, 0.15) is 0 Å². The van der Waals surface area contributed by atoms with Crippen LogP contribution >= 0.6 is 0 Å². The van der Waals surface area contributed by atoms with Gasteiger partial charge in [0, 0.05) is 12.5 Å². The van der Waals surface area contributed by atoms with Crippen molar-refractivity contribution < 1.29 is 15.3 Å². The minimum absolute atomic E-state index is 0.0818. The van der Waals surface area contributed by atoms with E-state index in [4.69, 9.17) is 5.11 Å². The van der Waals surface area contributed by atoms with Gasteiger partial charge in [0.2, 0.25) is 0 Å². The zero-order valence-electron chi connectivity index (χ0n) is 9.48. The highest BCUT2D eigenvalue weighted by Gasteiger charge is 2.22. The fraction of sp³-hybridized carbons (Fsp3) is 1.00. The molecule has 0 rings (SSSR count). The minimum atomic E-state index is -0.802. The van der Waals surface area contributed by atoms with Gasteiger partial charge in [0.15, 0.2) is 0 Å². The molecule has 0 fully saturated rings. The van der Waals surface area contributed by atoms with E-state index in [9.17, 15) is 10.2 Å². The normalized spacial score (nSPS) is 20.1. The van der Waals surface area contributed by atoms with Gasteiger partial charge < -0.3 is 15.3 Å². The van der Waals surface area contributed by atoms with Crippen LogP contribution in [0.1, 0.15) is 40.0 Å². The predicted octanol–water partition coefficient (Wildman–Crippen LogP) is 1.16. The molecule has 0 saturated carbocycles.